The molecule has 36 heavy (non-hydrogen) atoms. The van der Waals surface area contributed by atoms with Crippen molar-refractivity contribution in [2.75, 3.05) is 13.2 Å². The minimum absolute atomic E-state index is 0.0569. The highest BCUT2D eigenvalue weighted by Gasteiger charge is 2.65. The van der Waals surface area contributed by atoms with Gasteiger partial charge >= 0.3 is 0 Å². The Balaban J connectivity index is 1.19. The fourth-order valence-electron chi connectivity index (χ4n) is 8.22. The minimum atomic E-state index is -1.16. The maximum atomic E-state index is 12.4. The van der Waals surface area contributed by atoms with Gasteiger partial charge in [0.25, 0.3) is 5.91 Å². The largest absolute Gasteiger partial charge is 0.385 e. The van der Waals surface area contributed by atoms with Gasteiger partial charge in [0, 0.05) is 30.3 Å². The second kappa shape index (κ2) is 9.43. The number of hydrogen-bond donors (Lipinski definition) is 3. The first-order valence-electron chi connectivity index (χ1n) is 13.5. The van der Waals surface area contributed by atoms with E-state index in [1.807, 2.05) is 0 Å². The molecule has 6 atom stereocenters. The van der Waals surface area contributed by atoms with E-state index in [1.54, 1.807) is 19.4 Å². The van der Waals surface area contributed by atoms with E-state index in [-0.39, 0.29) is 29.1 Å². The zero-order valence-electron chi connectivity index (χ0n) is 21.8. The molecule has 0 aromatic carbocycles. The molecule has 0 aliphatic heterocycles. The predicted molar refractivity (Wildman–Crippen MR) is 136 cm³/mol. The summed E-state index contributed by atoms with van der Waals surface area (Å²) in [6.07, 6.45) is 13.8. The van der Waals surface area contributed by atoms with Crippen molar-refractivity contribution in [1.82, 2.24) is 15.3 Å². The predicted octanol–water partition coefficient (Wildman–Crippen LogP) is 3.72. The van der Waals surface area contributed by atoms with Gasteiger partial charge in [-0.15, -0.1) is 0 Å². The molecule has 0 bridgehead atoms. The van der Waals surface area contributed by atoms with E-state index in [1.165, 1.54) is 5.57 Å². The van der Waals surface area contributed by atoms with Crippen molar-refractivity contribution in [2.45, 2.75) is 84.2 Å². The number of carbonyl (C=O) groups is 2. The molecule has 196 valence electrons. The number of carbonyl (C=O) groups excluding carboxylic acids is 2. The summed E-state index contributed by atoms with van der Waals surface area (Å²) in [4.78, 5) is 36.9. The van der Waals surface area contributed by atoms with E-state index >= 15 is 0 Å². The molecule has 8 nitrogen and oxygen atoms in total. The average Bonchev–Trinajstić information content (AvgIpc) is 3.46. The van der Waals surface area contributed by atoms with Crippen LogP contribution in [0.1, 0.15) is 77.8 Å². The molecule has 1 aromatic heterocycles. The van der Waals surface area contributed by atoms with Crippen molar-refractivity contribution >= 4 is 17.4 Å². The summed E-state index contributed by atoms with van der Waals surface area (Å²) in [6, 6.07) is 0. The number of nitrogens with one attached hydrogen (secondary N) is 2. The summed E-state index contributed by atoms with van der Waals surface area (Å²) in [6.45, 7) is 6.59. The number of H-pyrrole nitrogens is 1. The number of aromatic amines is 1. The number of fused-ring (bicyclic) bond motifs is 5. The molecule has 0 unspecified atom stereocenters. The van der Waals surface area contributed by atoms with Crippen molar-refractivity contribution in [3.05, 3.63) is 29.9 Å². The number of aromatic nitrogens is 2. The molecule has 4 aliphatic carbocycles. The number of rotatable bonds is 7. The Bertz CT molecular complexity index is 1070. The number of amides is 1. The minimum Gasteiger partial charge on any atom is -0.385 e. The quantitative estimate of drug-likeness (QED) is 0.498. The van der Waals surface area contributed by atoms with E-state index in [0.717, 1.165) is 56.4 Å². The monoisotopic (exact) mass is 496 g/mol. The molecule has 0 spiro atoms. The summed E-state index contributed by atoms with van der Waals surface area (Å²) in [5, 5.41) is 18.5. The lowest BCUT2D eigenvalue weighted by molar-refractivity contribution is -0.159. The molecule has 1 aromatic rings. The van der Waals surface area contributed by atoms with Crippen molar-refractivity contribution in [3.63, 3.8) is 0 Å². The first-order chi connectivity index (χ1) is 17.2. The Morgan fingerprint density at radius 3 is 2.75 bits per heavy atom. The first-order valence-corrected chi connectivity index (χ1v) is 13.5. The van der Waals surface area contributed by atoms with Gasteiger partial charge in [-0.1, -0.05) is 24.6 Å². The first kappa shape index (κ1) is 25.2. The highest BCUT2D eigenvalue weighted by Crippen LogP contribution is 2.67. The maximum absolute atomic E-state index is 12.4. The standard InChI is InChI=1S/C28H40N4O4/c1-18(33)28(35)12-8-24-22-5-4-19-14-20(6-10-26(19,2)23(22)7-11-27(24,28)3)32-36-16-25(34)30-13-9-21-15-29-17-31-21/h14-15,17,22-24,35H,4-13,16H2,1-3H3,(H,29,31)(H,30,34)/b32-20+/t22-,23+,24+,26-,27-,28+/m0/s1. The van der Waals surface area contributed by atoms with Gasteiger partial charge in [-0.2, -0.15) is 0 Å². The van der Waals surface area contributed by atoms with Gasteiger partial charge in [0.1, 0.15) is 5.60 Å². The molecule has 4 aliphatic rings. The average molecular weight is 497 g/mol. The van der Waals surface area contributed by atoms with Crippen molar-refractivity contribution < 1.29 is 19.5 Å². The summed E-state index contributed by atoms with van der Waals surface area (Å²) in [7, 11) is 0. The van der Waals surface area contributed by atoms with Gasteiger partial charge in [0.05, 0.1) is 12.0 Å². The van der Waals surface area contributed by atoms with Crippen LogP contribution >= 0.6 is 0 Å². The number of oxime groups is 1. The Morgan fingerprint density at radius 1 is 1.19 bits per heavy atom. The topological polar surface area (TPSA) is 117 Å². The third-order valence-corrected chi connectivity index (χ3v) is 10.4. The zero-order valence-corrected chi connectivity index (χ0v) is 21.8. The maximum Gasteiger partial charge on any atom is 0.260 e. The fraction of sp³-hybridized carbons (Fsp3) is 0.714. The second-order valence-corrected chi connectivity index (χ2v) is 11.9. The van der Waals surface area contributed by atoms with Crippen LogP contribution < -0.4 is 5.32 Å². The van der Waals surface area contributed by atoms with E-state index in [9.17, 15) is 14.7 Å². The number of hydrogen-bond acceptors (Lipinski definition) is 6. The summed E-state index contributed by atoms with van der Waals surface area (Å²) in [5.74, 6) is 1.31. The van der Waals surface area contributed by atoms with Crippen LogP contribution in [0.2, 0.25) is 0 Å². The molecular weight excluding hydrogens is 456 g/mol. The Hall–Kier alpha value is -2.48. The van der Waals surface area contributed by atoms with Crippen LogP contribution in [0, 0.1) is 28.6 Å². The molecule has 0 saturated heterocycles. The number of allylic oxidation sites excluding steroid dienone is 2. The van der Waals surface area contributed by atoms with Crippen molar-refractivity contribution in [3.8, 4) is 0 Å². The molecular formula is C28H40N4O4. The van der Waals surface area contributed by atoms with Crippen LogP contribution in [0.4, 0.5) is 0 Å². The lowest BCUT2D eigenvalue weighted by atomic mass is 9.46. The van der Waals surface area contributed by atoms with Gasteiger partial charge in [-0.25, -0.2) is 4.98 Å². The number of nitrogens with zero attached hydrogens (tertiary/aromatic N) is 2. The Morgan fingerprint density at radius 2 is 2.00 bits per heavy atom. The summed E-state index contributed by atoms with van der Waals surface area (Å²) < 4.78 is 0. The summed E-state index contributed by atoms with van der Waals surface area (Å²) >= 11 is 0. The third kappa shape index (κ3) is 4.11. The lowest BCUT2D eigenvalue weighted by Crippen LogP contribution is -2.57. The van der Waals surface area contributed by atoms with E-state index in [0.29, 0.717) is 37.1 Å². The molecule has 3 saturated carbocycles. The highest BCUT2D eigenvalue weighted by atomic mass is 16.6. The van der Waals surface area contributed by atoms with Crippen LogP contribution in [-0.4, -0.2) is 51.2 Å². The van der Waals surface area contributed by atoms with Crippen LogP contribution in [0.15, 0.2) is 29.3 Å². The van der Waals surface area contributed by atoms with Crippen LogP contribution in [0.25, 0.3) is 0 Å². The Labute approximate surface area is 213 Å². The van der Waals surface area contributed by atoms with Crippen LogP contribution in [0.3, 0.4) is 0 Å². The van der Waals surface area contributed by atoms with Crippen molar-refractivity contribution in [2.24, 2.45) is 33.7 Å². The molecule has 1 amide bonds. The van der Waals surface area contributed by atoms with Gasteiger partial charge in [-0.3, -0.25) is 9.59 Å². The molecule has 0 radical (unpaired) electrons. The number of imidazole rings is 1. The normalized spacial score (nSPS) is 38.5. The van der Waals surface area contributed by atoms with Gasteiger partial charge in [0.15, 0.2) is 12.4 Å². The van der Waals surface area contributed by atoms with Gasteiger partial charge in [0.2, 0.25) is 0 Å². The molecule has 1 heterocycles. The van der Waals surface area contributed by atoms with E-state index in [4.69, 9.17) is 4.84 Å². The highest BCUT2D eigenvalue weighted by molar-refractivity contribution is 5.96. The number of aliphatic hydroxyl groups is 1. The van der Waals surface area contributed by atoms with E-state index < -0.39 is 5.60 Å². The zero-order chi connectivity index (χ0) is 25.6. The van der Waals surface area contributed by atoms with Crippen LogP contribution in [-0.2, 0) is 20.8 Å². The van der Waals surface area contributed by atoms with Crippen molar-refractivity contribution in [1.29, 1.82) is 0 Å². The lowest BCUT2D eigenvalue weighted by Gasteiger charge is -2.59. The molecule has 3 fully saturated rings. The fourth-order valence-corrected chi connectivity index (χ4v) is 8.22. The molecule has 3 N–H and O–H groups in total. The SMILES string of the molecule is CC(=O)[C@]1(O)CC[C@@H]2[C@H]3CCC4=C/C(=N/OCC(=O)NCCc5cnc[nH]5)CC[C@]4(C)[C@@H]3CC[C@@]21C. The molecule has 5 rings (SSSR count). The summed E-state index contributed by atoms with van der Waals surface area (Å²) in [5.41, 5.74) is 2.02. The smallest absolute Gasteiger partial charge is 0.260 e. The number of Topliss-reactive ketones (excluding diaryl/α,β-unsaturated/α-hetero) is 1. The van der Waals surface area contributed by atoms with Crippen LogP contribution in [0.5, 0.6) is 0 Å². The Kier molecular flexibility index (Phi) is 6.60. The van der Waals surface area contributed by atoms with Gasteiger partial charge < -0.3 is 20.2 Å². The third-order valence-electron chi connectivity index (χ3n) is 10.4. The second-order valence-electron chi connectivity index (χ2n) is 11.9. The number of ketones is 1. The van der Waals surface area contributed by atoms with E-state index in [2.05, 4.69) is 40.4 Å². The molecule has 8 heteroatoms. The van der Waals surface area contributed by atoms with Gasteiger partial charge in [-0.05, 0) is 87.5 Å².